The van der Waals surface area contributed by atoms with Crippen molar-refractivity contribution >= 4 is 63.3 Å². The van der Waals surface area contributed by atoms with E-state index in [0.717, 1.165) is 54.9 Å². The zero-order chi connectivity index (χ0) is 38.4. The number of alkyl carbamates (subject to hydrolysis) is 1. The number of thioether (sulfide) groups is 1. The van der Waals surface area contributed by atoms with Crippen LogP contribution < -0.4 is 26.7 Å². The maximum Gasteiger partial charge on any atom is 0.407 e. The summed E-state index contributed by atoms with van der Waals surface area (Å²) in [5, 5.41) is 13.8. The number of amides is 3. The number of aliphatic imine (C=N–C) groups is 2. The number of amidine groups is 2. The van der Waals surface area contributed by atoms with Crippen LogP contribution in [-0.2, 0) is 14.3 Å². The van der Waals surface area contributed by atoms with Crippen LogP contribution in [0.1, 0.15) is 89.4 Å². The molecule has 0 spiro atoms. The summed E-state index contributed by atoms with van der Waals surface area (Å²) in [6.45, 7) is 9.88. The van der Waals surface area contributed by atoms with E-state index in [0.29, 0.717) is 65.5 Å². The van der Waals surface area contributed by atoms with Gasteiger partial charge < -0.3 is 35.3 Å². The number of methoxy groups -OCH3 is 1. The van der Waals surface area contributed by atoms with Gasteiger partial charge in [-0.3, -0.25) is 24.4 Å². The molecular formula is C40H53N7O6S. The van der Waals surface area contributed by atoms with Gasteiger partial charge in [-0.05, 0) is 60.1 Å². The number of carbonyl (C=O) groups excluding carboxylic acids is 3. The van der Waals surface area contributed by atoms with Crippen LogP contribution in [0.5, 0.6) is 0 Å². The van der Waals surface area contributed by atoms with Crippen LogP contribution in [0.3, 0.4) is 0 Å². The summed E-state index contributed by atoms with van der Waals surface area (Å²) in [7, 11) is 1.29. The number of nitrogens with one attached hydrogen (secondary N) is 4. The van der Waals surface area contributed by atoms with Crippen LogP contribution in [0.4, 0.5) is 4.79 Å². The molecule has 6 rings (SSSR count). The number of hydrogen-bond acceptors (Lipinski definition) is 11. The normalized spacial score (nSPS) is 21.2. The average Bonchev–Trinajstić information content (AvgIpc) is 3.98. The fourth-order valence-corrected chi connectivity index (χ4v) is 8.29. The smallest absolute Gasteiger partial charge is 0.407 e. The Morgan fingerprint density at radius 2 is 1.74 bits per heavy atom. The maximum atomic E-state index is 13.8. The summed E-state index contributed by atoms with van der Waals surface area (Å²) < 4.78 is 11.1. The second-order valence-corrected chi connectivity index (χ2v) is 15.7. The van der Waals surface area contributed by atoms with Crippen LogP contribution in [-0.4, -0.2) is 84.9 Å². The van der Waals surface area contributed by atoms with E-state index in [4.69, 9.17) is 19.1 Å². The summed E-state index contributed by atoms with van der Waals surface area (Å²) >= 11 is 1.65. The van der Waals surface area contributed by atoms with Crippen molar-refractivity contribution in [2.75, 3.05) is 38.4 Å². The molecule has 54 heavy (non-hydrogen) atoms. The Morgan fingerprint density at radius 3 is 2.52 bits per heavy atom. The quantitative estimate of drug-likeness (QED) is 0.117. The lowest BCUT2D eigenvalue weighted by atomic mass is 9.97. The first-order valence-electron chi connectivity index (χ1n) is 19.2. The highest BCUT2D eigenvalue weighted by atomic mass is 32.2. The van der Waals surface area contributed by atoms with E-state index in [9.17, 15) is 19.2 Å². The molecule has 4 heterocycles. The highest BCUT2D eigenvalue weighted by Crippen LogP contribution is 2.30. The van der Waals surface area contributed by atoms with Gasteiger partial charge in [0.2, 0.25) is 17.2 Å². The first-order valence-corrected chi connectivity index (χ1v) is 20.4. The molecule has 0 bridgehead atoms. The van der Waals surface area contributed by atoms with Crippen molar-refractivity contribution in [1.29, 1.82) is 0 Å². The van der Waals surface area contributed by atoms with E-state index in [-0.39, 0.29) is 41.3 Å². The van der Waals surface area contributed by atoms with Crippen molar-refractivity contribution in [2.45, 2.75) is 90.4 Å². The fraction of sp³-hybridized carbons (Fsp3) is 0.550. The Balaban J connectivity index is 1.07. The molecule has 6 atom stereocenters. The number of ether oxygens (including phenoxy) is 1. The summed E-state index contributed by atoms with van der Waals surface area (Å²) in [6, 6.07) is 10.3. The van der Waals surface area contributed by atoms with Gasteiger partial charge in [-0.15, -0.1) is 11.8 Å². The van der Waals surface area contributed by atoms with Gasteiger partial charge in [0, 0.05) is 25.1 Å². The van der Waals surface area contributed by atoms with Crippen molar-refractivity contribution in [2.24, 2.45) is 21.8 Å². The minimum Gasteiger partial charge on any atom is -0.456 e. The maximum absolute atomic E-state index is 13.8. The lowest BCUT2D eigenvalue weighted by molar-refractivity contribution is -0.134. The third-order valence-corrected chi connectivity index (χ3v) is 11.9. The Bertz CT molecular complexity index is 1980. The number of unbranched alkanes of at least 4 members (excludes halogenated alkanes) is 1. The zero-order valence-electron chi connectivity index (χ0n) is 31.9. The van der Waals surface area contributed by atoms with Gasteiger partial charge in [0.25, 0.3) is 0 Å². The molecule has 1 saturated heterocycles. The van der Waals surface area contributed by atoms with Gasteiger partial charge in [-0.25, -0.2) is 4.79 Å². The molecule has 14 heteroatoms. The van der Waals surface area contributed by atoms with E-state index in [1.165, 1.54) is 7.11 Å². The van der Waals surface area contributed by atoms with Crippen molar-refractivity contribution in [3.05, 3.63) is 57.7 Å². The van der Waals surface area contributed by atoms with Crippen molar-refractivity contribution in [3.63, 3.8) is 0 Å². The lowest BCUT2D eigenvalue weighted by Crippen LogP contribution is -2.55. The highest BCUT2D eigenvalue weighted by molar-refractivity contribution is 7.99. The molecule has 1 aromatic heterocycles. The minimum absolute atomic E-state index is 0.000161. The summed E-state index contributed by atoms with van der Waals surface area (Å²) in [5.74, 6) is 3.18. The molecule has 1 fully saturated rings. The van der Waals surface area contributed by atoms with Crippen molar-refractivity contribution in [3.8, 4) is 0 Å². The molecule has 13 nitrogen and oxygen atoms in total. The van der Waals surface area contributed by atoms with Crippen LogP contribution in [0, 0.1) is 11.8 Å². The van der Waals surface area contributed by atoms with Gasteiger partial charge in [0.05, 0.1) is 60.8 Å². The SMILES string of the molecule is CC[C@H](C)CC(=O)NCCCCC1=NCC(c2ccc3c(=O)c4cc(C5CN=C([C@@H]6CSCN6C(=O)[C@@H](NC(=O)OC)[C@@H](C)CC)N5)ccc4oc3c2)N1. The number of carbonyl (C=O) groups is 3. The fourth-order valence-electron chi connectivity index (χ4n) is 7.12. The van der Waals surface area contributed by atoms with Crippen molar-refractivity contribution < 1.29 is 23.5 Å². The summed E-state index contributed by atoms with van der Waals surface area (Å²) in [5.41, 5.74) is 2.87. The third kappa shape index (κ3) is 8.85. The molecule has 0 saturated carbocycles. The molecule has 0 radical (unpaired) electrons. The summed E-state index contributed by atoms with van der Waals surface area (Å²) in [4.78, 5) is 62.9. The van der Waals surface area contributed by atoms with E-state index >= 15 is 0 Å². The van der Waals surface area contributed by atoms with E-state index in [1.54, 1.807) is 16.7 Å². The first-order chi connectivity index (χ1) is 26.1. The Kier molecular flexibility index (Phi) is 12.8. The Morgan fingerprint density at radius 1 is 0.981 bits per heavy atom. The van der Waals surface area contributed by atoms with Crippen LogP contribution in [0.2, 0.25) is 0 Å². The van der Waals surface area contributed by atoms with E-state index in [2.05, 4.69) is 35.1 Å². The second kappa shape index (κ2) is 17.7. The van der Waals surface area contributed by atoms with E-state index < -0.39 is 12.1 Å². The largest absolute Gasteiger partial charge is 0.456 e. The third-order valence-electron chi connectivity index (χ3n) is 10.9. The number of fused-ring (bicyclic) bond motifs is 2. The molecule has 3 aliphatic rings. The summed E-state index contributed by atoms with van der Waals surface area (Å²) in [6.07, 6.45) is 4.32. The molecule has 3 amide bonds. The molecule has 3 aromatic rings. The Hall–Kier alpha value is -4.59. The van der Waals surface area contributed by atoms with Gasteiger partial charge in [0.1, 0.15) is 23.0 Å². The number of nitrogens with zero attached hydrogens (tertiary/aromatic N) is 3. The number of hydrogen-bond donors (Lipinski definition) is 4. The van der Waals surface area contributed by atoms with Gasteiger partial charge >= 0.3 is 6.09 Å². The monoisotopic (exact) mass is 759 g/mol. The molecule has 290 valence electrons. The molecule has 3 aliphatic heterocycles. The van der Waals surface area contributed by atoms with Crippen LogP contribution in [0.15, 0.2) is 55.6 Å². The molecular weight excluding hydrogens is 707 g/mol. The van der Waals surface area contributed by atoms with Crippen molar-refractivity contribution in [1.82, 2.24) is 26.2 Å². The highest BCUT2D eigenvalue weighted by Gasteiger charge is 2.40. The molecule has 4 N–H and O–H groups in total. The lowest BCUT2D eigenvalue weighted by Gasteiger charge is -2.31. The predicted octanol–water partition coefficient (Wildman–Crippen LogP) is 5.43. The van der Waals surface area contributed by atoms with Crippen LogP contribution >= 0.6 is 11.8 Å². The predicted molar refractivity (Wildman–Crippen MR) is 214 cm³/mol. The number of rotatable bonds is 15. The minimum atomic E-state index is -0.700. The molecule has 0 aliphatic carbocycles. The average molecular weight is 760 g/mol. The number of benzene rings is 2. The second-order valence-electron chi connectivity index (χ2n) is 14.7. The van der Waals surface area contributed by atoms with Gasteiger partial charge in [-0.1, -0.05) is 52.7 Å². The molecule has 2 aromatic carbocycles. The van der Waals surface area contributed by atoms with Gasteiger partial charge in [-0.2, -0.15) is 0 Å². The van der Waals surface area contributed by atoms with E-state index in [1.807, 2.05) is 50.2 Å². The molecule has 2 unspecified atom stereocenters. The van der Waals surface area contributed by atoms with Gasteiger partial charge in [0.15, 0.2) is 0 Å². The zero-order valence-corrected chi connectivity index (χ0v) is 32.7. The first kappa shape index (κ1) is 39.1. The standard InChI is InChI=1S/C40H53N7O6S/c1-6-23(3)16-35(48)41-15-9-8-10-34-42-19-29(44-34)26-11-13-27-33(18-26)53-32-14-12-25(17-28(32)37(27)49)30-20-43-38(45-30)31-21-54-22-47(31)39(50)36(24(4)7-2)46-40(51)52-5/h11-14,17-18,23-24,29-31,36H,6-10,15-16,19-22H2,1-5H3,(H,41,48)(H,42,44)(H,43,45)(H,46,51)/t23-,24-,29?,30?,31-,36-/m0/s1. The Labute approximate surface area is 320 Å². The topological polar surface area (TPSA) is 167 Å². The van der Waals surface area contributed by atoms with Crippen LogP contribution in [0.25, 0.3) is 21.9 Å².